The van der Waals surface area contributed by atoms with E-state index in [1.807, 2.05) is 6.26 Å². The van der Waals surface area contributed by atoms with Gasteiger partial charge < -0.3 is 10.6 Å². The van der Waals surface area contributed by atoms with Crippen molar-refractivity contribution in [3.05, 3.63) is 17.8 Å². The molecule has 2 N–H and O–H groups in total. The number of amides is 1. The zero-order chi connectivity index (χ0) is 13.4. The zero-order valence-electron chi connectivity index (χ0n) is 11.1. The van der Waals surface area contributed by atoms with Crippen LogP contribution in [-0.2, 0) is 0 Å². The molecule has 1 heterocycles. The fourth-order valence-corrected chi connectivity index (χ4v) is 1.46. The predicted octanol–water partition coefficient (Wildman–Crippen LogP) is 1.78. The smallest absolute Gasteiger partial charge is 0.271 e. The van der Waals surface area contributed by atoms with Gasteiger partial charge >= 0.3 is 0 Å². The molecular formula is C12H20N4OS. The molecule has 1 aromatic rings. The Morgan fingerprint density at radius 3 is 2.78 bits per heavy atom. The van der Waals surface area contributed by atoms with Crippen molar-refractivity contribution in [3.63, 3.8) is 0 Å². The van der Waals surface area contributed by atoms with Crippen molar-refractivity contribution in [1.82, 2.24) is 15.5 Å². The quantitative estimate of drug-likeness (QED) is 0.789. The number of carbonyl (C=O) groups is 1. The highest BCUT2D eigenvalue weighted by molar-refractivity contribution is 7.99. The van der Waals surface area contributed by atoms with Crippen molar-refractivity contribution in [2.24, 2.45) is 0 Å². The summed E-state index contributed by atoms with van der Waals surface area (Å²) >= 11 is 1.71. The van der Waals surface area contributed by atoms with Gasteiger partial charge in [-0.05, 0) is 24.8 Å². The van der Waals surface area contributed by atoms with Crippen molar-refractivity contribution < 1.29 is 4.79 Å². The van der Waals surface area contributed by atoms with Gasteiger partial charge in [0.2, 0.25) is 0 Å². The van der Waals surface area contributed by atoms with E-state index in [2.05, 4.69) is 34.7 Å². The first-order chi connectivity index (χ1) is 8.67. The highest BCUT2D eigenvalue weighted by Gasteiger charge is 2.09. The second-order valence-electron chi connectivity index (χ2n) is 3.99. The summed E-state index contributed by atoms with van der Waals surface area (Å²) in [4.78, 5) is 11.7. The molecule has 1 amide bonds. The predicted molar refractivity (Wildman–Crippen MR) is 76.1 cm³/mol. The molecule has 1 rings (SSSR count). The molecule has 5 nitrogen and oxygen atoms in total. The molecule has 0 aliphatic heterocycles. The SMILES string of the molecule is CCCNc1ccc(C(=O)NCC(C)SC)nn1. The fraction of sp³-hybridized carbons (Fsp3) is 0.583. The normalized spacial score (nSPS) is 11.9. The van der Waals surface area contributed by atoms with Gasteiger partial charge in [0.25, 0.3) is 5.91 Å². The molecule has 18 heavy (non-hydrogen) atoms. The van der Waals surface area contributed by atoms with Gasteiger partial charge in [-0.2, -0.15) is 11.8 Å². The summed E-state index contributed by atoms with van der Waals surface area (Å²) in [6, 6.07) is 3.46. The van der Waals surface area contributed by atoms with E-state index in [0.29, 0.717) is 23.3 Å². The standard InChI is InChI=1S/C12H20N4OS/c1-4-7-13-11-6-5-10(15-16-11)12(17)14-8-9(2)18-3/h5-6,9H,4,7-8H2,1-3H3,(H,13,16)(H,14,17). The minimum absolute atomic E-state index is 0.176. The summed E-state index contributed by atoms with van der Waals surface area (Å²) in [6.07, 6.45) is 3.04. The van der Waals surface area contributed by atoms with Crippen LogP contribution in [0.2, 0.25) is 0 Å². The molecular weight excluding hydrogens is 248 g/mol. The number of hydrogen-bond acceptors (Lipinski definition) is 5. The molecule has 0 spiro atoms. The molecule has 100 valence electrons. The van der Waals surface area contributed by atoms with Crippen LogP contribution in [0, 0.1) is 0 Å². The highest BCUT2D eigenvalue weighted by atomic mass is 32.2. The number of aromatic nitrogens is 2. The number of hydrogen-bond donors (Lipinski definition) is 2. The summed E-state index contributed by atoms with van der Waals surface area (Å²) in [5.74, 6) is 0.524. The van der Waals surface area contributed by atoms with Crippen LogP contribution in [-0.4, -0.2) is 40.7 Å². The van der Waals surface area contributed by atoms with Crippen molar-refractivity contribution >= 4 is 23.5 Å². The molecule has 1 unspecified atom stereocenters. The topological polar surface area (TPSA) is 66.9 Å². The van der Waals surface area contributed by atoms with Crippen LogP contribution in [0.1, 0.15) is 30.8 Å². The molecule has 0 fully saturated rings. The number of anilines is 1. The third-order valence-corrected chi connectivity index (χ3v) is 3.38. The van der Waals surface area contributed by atoms with Crippen LogP contribution < -0.4 is 10.6 Å². The molecule has 0 aliphatic rings. The van der Waals surface area contributed by atoms with E-state index in [4.69, 9.17) is 0 Å². The lowest BCUT2D eigenvalue weighted by molar-refractivity contribution is 0.0948. The molecule has 0 aromatic carbocycles. The van der Waals surface area contributed by atoms with Gasteiger partial charge in [-0.1, -0.05) is 13.8 Å². The number of rotatable bonds is 7. The first kappa shape index (κ1) is 14.8. The third kappa shape index (κ3) is 4.91. The van der Waals surface area contributed by atoms with Crippen LogP contribution in [0.4, 0.5) is 5.82 Å². The van der Waals surface area contributed by atoms with Crippen LogP contribution in [0.15, 0.2) is 12.1 Å². The van der Waals surface area contributed by atoms with Gasteiger partial charge in [-0.15, -0.1) is 10.2 Å². The summed E-state index contributed by atoms with van der Waals surface area (Å²) < 4.78 is 0. The Morgan fingerprint density at radius 2 is 2.22 bits per heavy atom. The van der Waals surface area contributed by atoms with Crippen molar-refractivity contribution in [2.45, 2.75) is 25.5 Å². The summed E-state index contributed by atoms with van der Waals surface area (Å²) in [7, 11) is 0. The summed E-state index contributed by atoms with van der Waals surface area (Å²) in [6.45, 7) is 5.63. The van der Waals surface area contributed by atoms with Crippen LogP contribution >= 0.6 is 11.8 Å². The summed E-state index contributed by atoms with van der Waals surface area (Å²) in [5.41, 5.74) is 0.352. The van der Waals surface area contributed by atoms with Crippen LogP contribution in [0.3, 0.4) is 0 Å². The first-order valence-electron chi connectivity index (χ1n) is 6.06. The van der Waals surface area contributed by atoms with Gasteiger partial charge in [0.05, 0.1) is 0 Å². The van der Waals surface area contributed by atoms with Gasteiger partial charge in [0.1, 0.15) is 5.82 Å². The number of carbonyl (C=O) groups excluding carboxylic acids is 1. The lowest BCUT2D eigenvalue weighted by Crippen LogP contribution is -2.30. The van der Waals surface area contributed by atoms with Crippen molar-refractivity contribution in [2.75, 3.05) is 24.7 Å². The van der Waals surface area contributed by atoms with Gasteiger partial charge in [-0.3, -0.25) is 4.79 Å². The van der Waals surface area contributed by atoms with E-state index < -0.39 is 0 Å². The second-order valence-corrected chi connectivity index (χ2v) is 5.26. The number of nitrogens with one attached hydrogen (secondary N) is 2. The Morgan fingerprint density at radius 1 is 1.44 bits per heavy atom. The lowest BCUT2D eigenvalue weighted by Gasteiger charge is -2.09. The van der Waals surface area contributed by atoms with Gasteiger partial charge in [-0.25, -0.2) is 0 Å². The van der Waals surface area contributed by atoms with E-state index in [9.17, 15) is 4.79 Å². The fourth-order valence-electron chi connectivity index (χ4n) is 1.21. The van der Waals surface area contributed by atoms with Gasteiger partial charge in [0, 0.05) is 18.3 Å². The average Bonchev–Trinajstić information content (AvgIpc) is 2.42. The van der Waals surface area contributed by atoms with Crippen molar-refractivity contribution in [1.29, 1.82) is 0 Å². The number of nitrogens with zero attached hydrogens (tertiary/aromatic N) is 2. The Bertz CT molecular complexity index is 369. The first-order valence-corrected chi connectivity index (χ1v) is 7.34. The third-order valence-electron chi connectivity index (χ3n) is 2.41. The second kappa shape index (κ2) is 7.92. The highest BCUT2D eigenvalue weighted by Crippen LogP contribution is 2.04. The van der Waals surface area contributed by atoms with E-state index in [-0.39, 0.29) is 5.91 Å². The van der Waals surface area contributed by atoms with E-state index >= 15 is 0 Å². The molecule has 0 saturated heterocycles. The maximum atomic E-state index is 11.7. The molecule has 0 bridgehead atoms. The van der Waals surface area contributed by atoms with Crippen LogP contribution in [0.25, 0.3) is 0 Å². The van der Waals surface area contributed by atoms with E-state index in [1.54, 1.807) is 23.9 Å². The van der Waals surface area contributed by atoms with Crippen molar-refractivity contribution in [3.8, 4) is 0 Å². The largest absolute Gasteiger partial charge is 0.369 e. The van der Waals surface area contributed by atoms with E-state index in [1.165, 1.54) is 0 Å². The minimum atomic E-state index is -0.176. The van der Waals surface area contributed by atoms with Crippen LogP contribution in [0.5, 0.6) is 0 Å². The Balaban J connectivity index is 2.48. The minimum Gasteiger partial charge on any atom is -0.369 e. The molecule has 1 atom stereocenters. The molecule has 6 heteroatoms. The monoisotopic (exact) mass is 268 g/mol. The Kier molecular flexibility index (Phi) is 6.49. The Labute approximate surface area is 112 Å². The summed E-state index contributed by atoms with van der Waals surface area (Å²) in [5, 5.41) is 14.2. The zero-order valence-corrected chi connectivity index (χ0v) is 11.9. The lowest BCUT2D eigenvalue weighted by atomic mass is 10.3. The maximum absolute atomic E-state index is 11.7. The molecule has 0 radical (unpaired) electrons. The Hall–Kier alpha value is -1.30. The molecule has 0 aliphatic carbocycles. The van der Waals surface area contributed by atoms with E-state index in [0.717, 1.165) is 13.0 Å². The maximum Gasteiger partial charge on any atom is 0.271 e. The van der Waals surface area contributed by atoms with Gasteiger partial charge in [0.15, 0.2) is 5.69 Å². The molecule has 0 saturated carbocycles. The molecule has 1 aromatic heterocycles. The number of thioether (sulfide) groups is 1. The average molecular weight is 268 g/mol.